The Labute approximate surface area is 105 Å². The number of aryl methyl sites for hydroxylation is 1. The molecule has 1 saturated heterocycles. The summed E-state index contributed by atoms with van der Waals surface area (Å²) in [5.41, 5.74) is 5.97. The molecule has 1 fully saturated rings. The molecule has 98 valence electrons. The van der Waals surface area contributed by atoms with E-state index in [1.807, 2.05) is 0 Å². The van der Waals surface area contributed by atoms with E-state index in [0.29, 0.717) is 13.1 Å². The molecule has 1 aliphatic heterocycles. The molecule has 1 aromatic carbocycles. The molecule has 3 nitrogen and oxygen atoms in total. The van der Waals surface area contributed by atoms with Crippen LogP contribution >= 0.6 is 0 Å². The largest absolute Gasteiger partial charge is 0.337 e. The van der Waals surface area contributed by atoms with Gasteiger partial charge in [0.05, 0.1) is 5.56 Å². The van der Waals surface area contributed by atoms with Crippen molar-refractivity contribution >= 4 is 5.91 Å². The number of carbonyl (C=O) groups is 1. The van der Waals surface area contributed by atoms with Crippen molar-refractivity contribution in [3.63, 3.8) is 0 Å². The monoisotopic (exact) mass is 254 g/mol. The Morgan fingerprint density at radius 2 is 2.11 bits per heavy atom. The van der Waals surface area contributed by atoms with Crippen molar-refractivity contribution in [2.45, 2.75) is 25.8 Å². The van der Waals surface area contributed by atoms with Gasteiger partial charge in [-0.15, -0.1) is 0 Å². The van der Waals surface area contributed by atoms with E-state index in [2.05, 4.69) is 0 Å². The summed E-state index contributed by atoms with van der Waals surface area (Å²) in [6.07, 6.45) is 1.68. The summed E-state index contributed by atoms with van der Waals surface area (Å²) < 4.78 is 26.8. The first-order chi connectivity index (χ1) is 8.49. The van der Waals surface area contributed by atoms with E-state index < -0.39 is 17.5 Å². The molecule has 0 spiro atoms. The van der Waals surface area contributed by atoms with Crippen LogP contribution in [0.3, 0.4) is 0 Å². The molecule has 0 aliphatic carbocycles. The number of benzene rings is 1. The highest BCUT2D eigenvalue weighted by Gasteiger charge is 2.24. The fraction of sp³-hybridized carbons (Fsp3) is 0.462. The summed E-state index contributed by atoms with van der Waals surface area (Å²) in [5.74, 6) is -1.87. The number of rotatable bonds is 1. The summed E-state index contributed by atoms with van der Waals surface area (Å²) in [6.45, 7) is 2.50. The fourth-order valence-electron chi connectivity index (χ4n) is 2.19. The minimum absolute atomic E-state index is 0.0627. The number of hydrogen-bond acceptors (Lipinski definition) is 2. The van der Waals surface area contributed by atoms with Crippen molar-refractivity contribution in [2.24, 2.45) is 5.73 Å². The maximum absolute atomic E-state index is 13.6. The number of nitrogens with two attached hydrogens (primary N) is 1. The van der Waals surface area contributed by atoms with Gasteiger partial charge in [-0.05, 0) is 31.4 Å². The summed E-state index contributed by atoms with van der Waals surface area (Å²) in [6, 6.07) is 1.95. The van der Waals surface area contributed by atoms with Gasteiger partial charge in [0.15, 0.2) is 0 Å². The van der Waals surface area contributed by atoms with E-state index in [0.717, 1.165) is 18.9 Å². The van der Waals surface area contributed by atoms with Crippen LogP contribution in [0.5, 0.6) is 0 Å². The Kier molecular flexibility index (Phi) is 3.61. The van der Waals surface area contributed by atoms with Gasteiger partial charge < -0.3 is 10.6 Å². The number of piperidine rings is 1. The van der Waals surface area contributed by atoms with Crippen LogP contribution in [0.15, 0.2) is 12.1 Å². The van der Waals surface area contributed by atoms with Gasteiger partial charge in [0.1, 0.15) is 11.6 Å². The summed E-state index contributed by atoms with van der Waals surface area (Å²) >= 11 is 0. The van der Waals surface area contributed by atoms with Crippen LogP contribution < -0.4 is 5.73 Å². The second-order valence-electron chi connectivity index (χ2n) is 4.73. The first-order valence-corrected chi connectivity index (χ1v) is 5.99. The van der Waals surface area contributed by atoms with Crippen LogP contribution in [0, 0.1) is 18.6 Å². The van der Waals surface area contributed by atoms with E-state index >= 15 is 0 Å². The lowest BCUT2D eigenvalue weighted by Crippen LogP contribution is -2.45. The molecule has 1 aromatic rings. The van der Waals surface area contributed by atoms with Crippen LogP contribution in [0.2, 0.25) is 0 Å². The second kappa shape index (κ2) is 5.02. The average Bonchev–Trinajstić information content (AvgIpc) is 2.33. The van der Waals surface area contributed by atoms with Crippen molar-refractivity contribution in [3.05, 3.63) is 34.9 Å². The Bertz CT molecular complexity index is 476. The van der Waals surface area contributed by atoms with E-state index in [1.54, 1.807) is 0 Å². The molecule has 5 heteroatoms. The zero-order valence-corrected chi connectivity index (χ0v) is 10.2. The molecule has 0 unspecified atom stereocenters. The van der Waals surface area contributed by atoms with Gasteiger partial charge in [0, 0.05) is 25.2 Å². The Hall–Kier alpha value is -1.49. The zero-order valence-electron chi connectivity index (χ0n) is 10.2. The minimum Gasteiger partial charge on any atom is -0.337 e. The predicted molar refractivity (Wildman–Crippen MR) is 64.2 cm³/mol. The van der Waals surface area contributed by atoms with Crippen LogP contribution in [-0.4, -0.2) is 29.9 Å². The highest BCUT2D eigenvalue weighted by molar-refractivity contribution is 5.94. The van der Waals surface area contributed by atoms with Crippen molar-refractivity contribution in [1.82, 2.24) is 4.90 Å². The molecule has 0 radical (unpaired) electrons. The lowest BCUT2D eigenvalue weighted by Gasteiger charge is -2.31. The quantitative estimate of drug-likeness (QED) is 0.831. The Morgan fingerprint density at radius 1 is 1.39 bits per heavy atom. The summed E-state index contributed by atoms with van der Waals surface area (Å²) in [4.78, 5) is 13.7. The van der Waals surface area contributed by atoms with Crippen LogP contribution in [-0.2, 0) is 0 Å². The normalized spacial score (nSPS) is 20.0. The maximum Gasteiger partial charge on any atom is 0.256 e. The van der Waals surface area contributed by atoms with Gasteiger partial charge in [0.2, 0.25) is 0 Å². The molecule has 1 atom stereocenters. The molecule has 1 heterocycles. The van der Waals surface area contributed by atoms with E-state index in [1.165, 1.54) is 17.9 Å². The lowest BCUT2D eigenvalue weighted by molar-refractivity contribution is 0.0704. The molecule has 2 N–H and O–H groups in total. The number of likely N-dealkylation sites (tertiary alicyclic amines) is 1. The van der Waals surface area contributed by atoms with Gasteiger partial charge in [-0.3, -0.25) is 4.79 Å². The second-order valence-corrected chi connectivity index (χ2v) is 4.73. The van der Waals surface area contributed by atoms with Crippen molar-refractivity contribution in [2.75, 3.05) is 13.1 Å². The molecule has 2 rings (SSSR count). The first kappa shape index (κ1) is 13.0. The molecule has 18 heavy (non-hydrogen) atoms. The lowest BCUT2D eigenvalue weighted by atomic mass is 10.0. The molecular formula is C13H16F2N2O. The van der Waals surface area contributed by atoms with E-state index in [9.17, 15) is 13.6 Å². The number of amides is 1. The first-order valence-electron chi connectivity index (χ1n) is 5.99. The molecule has 1 amide bonds. The Morgan fingerprint density at radius 3 is 2.78 bits per heavy atom. The van der Waals surface area contributed by atoms with Crippen LogP contribution in [0.4, 0.5) is 8.78 Å². The van der Waals surface area contributed by atoms with Crippen molar-refractivity contribution in [3.8, 4) is 0 Å². The number of halogens is 2. The molecular weight excluding hydrogens is 238 g/mol. The summed E-state index contributed by atoms with van der Waals surface area (Å²) in [7, 11) is 0. The zero-order chi connectivity index (χ0) is 13.3. The maximum atomic E-state index is 13.6. The number of carbonyl (C=O) groups excluding carboxylic acids is 1. The average molecular weight is 254 g/mol. The van der Waals surface area contributed by atoms with Gasteiger partial charge >= 0.3 is 0 Å². The third-order valence-electron chi connectivity index (χ3n) is 3.22. The van der Waals surface area contributed by atoms with Gasteiger partial charge in [0.25, 0.3) is 5.91 Å². The molecule has 0 saturated carbocycles. The van der Waals surface area contributed by atoms with Crippen molar-refractivity contribution < 1.29 is 13.6 Å². The predicted octanol–water partition coefficient (Wildman–Crippen LogP) is 1.84. The van der Waals surface area contributed by atoms with Gasteiger partial charge in [-0.25, -0.2) is 8.78 Å². The highest BCUT2D eigenvalue weighted by atomic mass is 19.1. The third kappa shape index (κ3) is 2.51. The Balaban J connectivity index is 2.25. The van der Waals surface area contributed by atoms with Crippen molar-refractivity contribution in [1.29, 1.82) is 0 Å². The van der Waals surface area contributed by atoms with Gasteiger partial charge in [-0.2, -0.15) is 0 Å². The fourth-order valence-corrected chi connectivity index (χ4v) is 2.19. The van der Waals surface area contributed by atoms with E-state index in [4.69, 9.17) is 5.73 Å². The van der Waals surface area contributed by atoms with Crippen LogP contribution in [0.1, 0.15) is 28.8 Å². The number of nitrogens with zero attached hydrogens (tertiary/aromatic N) is 1. The highest BCUT2D eigenvalue weighted by Crippen LogP contribution is 2.18. The molecule has 0 bridgehead atoms. The SMILES string of the molecule is Cc1cc(C(=O)N2CCC[C@@H](N)C2)c(F)cc1F. The summed E-state index contributed by atoms with van der Waals surface area (Å²) in [5, 5.41) is 0. The molecule has 0 aromatic heterocycles. The third-order valence-corrected chi connectivity index (χ3v) is 3.22. The van der Waals surface area contributed by atoms with Gasteiger partial charge in [-0.1, -0.05) is 0 Å². The van der Waals surface area contributed by atoms with E-state index in [-0.39, 0.29) is 17.2 Å². The number of hydrogen-bond donors (Lipinski definition) is 1. The smallest absolute Gasteiger partial charge is 0.256 e. The van der Waals surface area contributed by atoms with Crippen LogP contribution in [0.25, 0.3) is 0 Å². The minimum atomic E-state index is -0.817. The molecule has 1 aliphatic rings. The topological polar surface area (TPSA) is 46.3 Å². The standard InChI is InChI=1S/C13H16F2N2O/c1-8-5-10(12(15)6-11(8)14)13(18)17-4-2-3-9(16)7-17/h5-6,9H,2-4,7,16H2,1H3/t9-/m1/s1.